The third-order valence-electron chi connectivity index (χ3n) is 9.28. The van der Waals surface area contributed by atoms with E-state index in [-0.39, 0.29) is 11.9 Å². The molecule has 0 saturated carbocycles. The van der Waals surface area contributed by atoms with Crippen molar-refractivity contribution >= 4 is 11.9 Å². The second kappa shape index (κ2) is 39.1. The summed E-state index contributed by atoms with van der Waals surface area (Å²) in [5.74, 6) is -0.0246. The minimum Gasteiger partial charge on any atom is -0.466 e. The van der Waals surface area contributed by atoms with E-state index in [0.29, 0.717) is 26.1 Å². The molecule has 0 aromatic rings. The Morgan fingerprint density at radius 3 is 0.733 bits per heavy atom. The average Bonchev–Trinajstić information content (AvgIpc) is 3.04. The Kier molecular flexibility index (Phi) is 38.2. The zero-order valence-corrected chi connectivity index (χ0v) is 30.8. The first-order valence-electron chi connectivity index (χ1n) is 20.5. The van der Waals surface area contributed by atoms with Gasteiger partial charge in [-0.1, -0.05) is 200 Å². The molecule has 0 saturated heterocycles. The van der Waals surface area contributed by atoms with Gasteiger partial charge in [-0.3, -0.25) is 9.59 Å². The molecule has 0 rings (SSSR count). The topological polar surface area (TPSA) is 52.6 Å². The summed E-state index contributed by atoms with van der Waals surface area (Å²) in [6.45, 7) is 5.71. The first kappa shape index (κ1) is 43.9. The van der Waals surface area contributed by atoms with Crippen LogP contribution in [0.4, 0.5) is 0 Å². The molecule has 0 heterocycles. The van der Waals surface area contributed by atoms with E-state index in [1.807, 2.05) is 0 Å². The van der Waals surface area contributed by atoms with E-state index in [0.717, 1.165) is 51.4 Å². The molecule has 45 heavy (non-hydrogen) atoms. The summed E-state index contributed by atoms with van der Waals surface area (Å²) in [7, 11) is 0. The van der Waals surface area contributed by atoms with Crippen LogP contribution in [0.3, 0.4) is 0 Å². The summed E-state index contributed by atoms with van der Waals surface area (Å²) < 4.78 is 10.8. The monoisotopic (exact) mass is 637 g/mol. The molecule has 0 bridgehead atoms. The molecule has 0 N–H and O–H groups in total. The number of carbonyl (C=O) groups excluding carboxylic acids is 2. The highest BCUT2D eigenvalue weighted by atomic mass is 16.5. The molecule has 4 nitrogen and oxygen atoms in total. The van der Waals surface area contributed by atoms with E-state index in [9.17, 15) is 9.59 Å². The summed E-state index contributed by atoms with van der Waals surface area (Å²) in [5, 5.41) is 0. The normalized spacial score (nSPS) is 11.2. The number of unbranched alkanes of at least 4 members (excludes halogenated alkanes) is 30. The van der Waals surface area contributed by atoms with Gasteiger partial charge in [-0.2, -0.15) is 0 Å². The molecule has 0 unspecified atom stereocenters. The van der Waals surface area contributed by atoms with Crippen molar-refractivity contribution in [2.45, 2.75) is 239 Å². The van der Waals surface area contributed by atoms with Crippen molar-refractivity contribution < 1.29 is 19.1 Å². The number of rotatable bonds is 38. The van der Waals surface area contributed by atoms with Gasteiger partial charge in [-0.15, -0.1) is 0 Å². The van der Waals surface area contributed by atoms with E-state index < -0.39 is 0 Å². The van der Waals surface area contributed by atoms with E-state index in [1.165, 1.54) is 161 Å². The van der Waals surface area contributed by atoms with Crippen LogP contribution in [0, 0.1) is 0 Å². The molecule has 0 spiro atoms. The van der Waals surface area contributed by atoms with E-state index in [2.05, 4.69) is 13.8 Å². The van der Waals surface area contributed by atoms with E-state index in [1.54, 1.807) is 0 Å². The highest BCUT2D eigenvalue weighted by Crippen LogP contribution is 2.15. The first-order valence-corrected chi connectivity index (χ1v) is 20.5. The van der Waals surface area contributed by atoms with Gasteiger partial charge >= 0.3 is 11.9 Å². The second-order valence-electron chi connectivity index (χ2n) is 13.9. The van der Waals surface area contributed by atoms with Gasteiger partial charge in [0.1, 0.15) is 0 Å². The quantitative estimate of drug-likeness (QED) is 0.0500. The van der Waals surface area contributed by atoms with Gasteiger partial charge in [-0.25, -0.2) is 0 Å². The van der Waals surface area contributed by atoms with Crippen LogP contribution in [0.15, 0.2) is 0 Å². The van der Waals surface area contributed by atoms with Crippen molar-refractivity contribution in [1.29, 1.82) is 0 Å². The Labute approximate surface area is 282 Å². The van der Waals surface area contributed by atoms with Crippen LogP contribution in [0.5, 0.6) is 0 Å². The highest BCUT2D eigenvalue weighted by Gasteiger charge is 2.04. The third-order valence-corrected chi connectivity index (χ3v) is 9.28. The zero-order valence-electron chi connectivity index (χ0n) is 30.8. The summed E-state index contributed by atoms with van der Waals surface area (Å²) in [6.07, 6.45) is 43.4. The van der Waals surface area contributed by atoms with Crippen LogP contribution >= 0.6 is 0 Å². The molecule has 0 aromatic carbocycles. The van der Waals surface area contributed by atoms with Crippen molar-refractivity contribution in [2.75, 3.05) is 13.2 Å². The lowest BCUT2D eigenvalue weighted by Crippen LogP contribution is -2.06. The maximum atomic E-state index is 11.9. The van der Waals surface area contributed by atoms with Gasteiger partial charge in [0.25, 0.3) is 0 Å². The number of hydrogen-bond acceptors (Lipinski definition) is 4. The van der Waals surface area contributed by atoms with Crippen molar-refractivity contribution in [2.24, 2.45) is 0 Å². The van der Waals surface area contributed by atoms with Crippen molar-refractivity contribution in [3.8, 4) is 0 Å². The lowest BCUT2D eigenvalue weighted by atomic mass is 10.0. The molecule has 0 aliphatic heterocycles. The highest BCUT2D eigenvalue weighted by molar-refractivity contribution is 5.69. The lowest BCUT2D eigenvalue weighted by Gasteiger charge is -2.06. The molecule has 0 aliphatic carbocycles. The van der Waals surface area contributed by atoms with Crippen molar-refractivity contribution in [1.82, 2.24) is 0 Å². The molecule has 0 fully saturated rings. The Morgan fingerprint density at radius 2 is 0.489 bits per heavy atom. The van der Waals surface area contributed by atoms with Gasteiger partial charge in [0, 0.05) is 12.8 Å². The molecule has 0 radical (unpaired) electrons. The zero-order chi connectivity index (χ0) is 32.7. The summed E-state index contributed by atoms with van der Waals surface area (Å²) in [5.41, 5.74) is 0. The van der Waals surface area contributed by atoms with E-state index in [4.69, 9.17) is 9.47 Å². The molecule has 0 amide bonds. The van der Waals surface area contributed by atoms with Gasteiger partial charge in [0.05, 0.1) is 13.2 Å². The van der Waals surface area contributed by atoms with Crippen LogP contribution in [0.1, 0.15) is 239 Å². The largest absolute Gasteiger partial charge is 0.466 e. The van der Waals surface area contributed by atoms with E-state index >= 15 is 0 Å². The average molecular weight is 637 g/mol. The molecular formula is C41H80O4. The van der Waals surface area contributed by atoms with Gasteiger partial charge in [0.15, 0.2) is 0 Å². The predicted octanol–water partition coefficient (Wildman–Crippen LogP) is 13.8. The molecule has 4 heteroatoms. The minimum absolute atomic E-state index is 0.0123. The van der Waals surface area contributed by atoms with Crippen LogP contribution in [-0.2, 0) is 19.1 Å². The predicted molar refractivity (Wildman–Crippen MR) is 195 cm³/mol. The number of carbonyl (C=O) groups is 2. The fourth-order valence-corrected chi connectivity index (χ4v) is 6.18. The van der Waals surface area contributed by atoms with Gasteiger partial charge < -0.3 is 9.47 Å². The number of esters is 2. The van der Waals surface area contributed by atoms with Crippen LogP contribution < -0.4 is 0 Å². The Bertz CT molecular complexity index is 540. The van der Waals surface area contributed by atoms with Crippen LogP contribution in [0.2, 0.25) is 0 Å². The number of ether oxygens (including phenoxy) is 2. The Hall–Kier alpha value is -1.06. The van der Waals surface area contributed by atoms with Crippen molar-refractivity contribution in [3.05, 3.63) is 0 Å². The third kappa shape index (κ3) is 39.0. The smallest absolute Gasteiger partial charge is 0.305 e. The molecule has 0 aromatic heterocycles. The molecule has 268 valence electrons. The fraction of sp³-hybridized carbons (Fsp3) is 0.951. The molecular weight excluding hydrogens is 556 g/mol. The molecule has 0 atom stereocenters. The summed E-state index contributed by atoms with van der Waals surface area (Å²) >= 11 is 0. The van der Waals surface area contributed by atoms with Crippen LogP contribution in [0.25, 0.3) is 0 Å². The maximum Gasteiger partial charge on any atom is 0.305 e. The standard InChI is InChI=1S/C41H80O4/c1-3-5-7-9-11-13-15-17-19-21-24-28-32-36-40(42)44-38-34-30-26-23-27-31-35-39-45-41(43)37-33-29-25-22-20-18-16-14-12-10-8-6-4-2/h3-39H2,1-2H3. The Morgan fingerprint density at radius 1 is 0.289 bits per heavy atom. The fourth-order valence-electron chi connectivity index (χ4n) is 6.18. The van der Waals surface area contributed by atoms with Gasteiger partial charge in [0.2, 0.25) is 0 Å². The van der Waals surface area contributed by atoms with Crippen LogP contribution in [-0.4, -0.2) is 25.2 Å². The lowest BCUT2D eigenvalue weighted by molar-refractivity contribution is -0.144. The SMILES string of the molecule is CCCCCCCCCCCCCCCC(=O)OCCCCCCCCCOC(=O)CCCCCCCCCCCCCCC. The van der Waals surface area contributed by atoms with Crippen molar-refractivity contribution in [3.63, 3.8) is 0 Å². The summed E-state index contributed by atoms with van der Waals surface area (Å²) in [4.78, 5) is 23.9. The maximum absolute atomic E-state index is 11.9. The van der Waals surface area contributed by atoms with Gasteiger partial charge in [-0.05, 0) is 25.7 Å². The summed E-state index contributed by atoms with van der Waals surface area (Å²) in [6, 6.07) is 0. The number of hydrogen-bond donors (Lipinski definition) is 0. The second-order valence-corrected chi connectivity index (χ2v) is 13.9. The first-order chi connectivity index (χ1) is 22.2. The molecule has 0 aliphatic rings. The Balaban J connectivity index is 3.23. The minimum atomic E-state index is -0.0123.